The molecule has 0 aliphatic heterocycles. The SMILES string of the molecule is CCOc1cc(/C=N/NC(=O)c2ccc(Br)cc2)cc(I)c1OCC(=O)Nc1ccc(Cl)c(Cl)c1. The molecule has 0 atom stereocenters. The Hall–Kier alpha value is -2.34. The van der Waals surface area contributed by atoms with E-state index in [4.69, 9.17) is 32.7 Å². The van der Waals surface area contributed by atoms with Gasteiger partial charge in [0.15, 0.2) is 18.1 Å². The Morgan fingerprint density at radius 3 is 2.49 bits per heavy atom. The van der Waals surface area contributed by atoms with Crippen LogP contribution in [0.1, 0.15) is 22.8 Å². The van der Waals surface area contributed by atoms with Crippen molar-refractivity contribution in [2.24, 2.45) is 5.10 Å². The van der Waals surface area contributed by atoms with E-state index < -0.39 is 0 Å². The summed E-state index contributed by atoms with van der Waals surface area (Å²) in [4.78, 5) is 24.6. The lowest BCUT2D eigenvalue weighted by Gasteiger charge is -2.14. The fourth-order valence-electron chi connectivity index (χ4n) is 2.81. The second kappa shape index (κ2) is 13.1. The van der Waals surface area contributed by atoms with E-state index in [1.54, 1.807) is 54.6 Å². The monoisotopic (exact) mass is 689 g/mol. The van der Waals surface area contributed by atoms with Gasteiger partial charge in [0.1, 0.15) is 0 Å². The topological polar surface area (TPSA) is 89.0 Å². The zero-order chi connectivity index (χ0) is 25.4. The summed E-state index contributed by atoms with van der Waals surface area (Å²) < 4.78 is 13.0. The maximum absolute atomic E-state index is 12.4. The van der Waals surface area contributed by atoms with Gasteiger partial charge in [0.25, 0.3) is 11.8 Å². The summed E-state index contributed by atoms with van der Waals surface area (Å²) in [5.41, 5.74) is 4.16. The van der Waals surface area contributed by atoms with E-state index >= 15 is 0 Å². The second-order valence-electron chi connectivity index (χ2n) is 6.93. The van der Waals surface area contributed by atoms with Gasteiger partial charge < -0.3 is 14.8 Å². The number of nitrogens with one attached hydrogen (secondary N) is 2. The average molecular weight is 691 g/mol. The van der Waals surface area contributed by atoms with E-state index in [0.29, 0.717) is 48.5 Å². The number of halogens is 4. The smallest absolute Gasteiger partial charge is 0.271 e. The molecule has 3 aromatic rings. The first-order chi connectivity index (χ1) is 16.8. The van der Waals surface area contributed by atoms with E-state index in [9.17, 15) is 9.59 Å². The molecule has 0 aliphatic carbocycles. The van der Waals surface area contributed by atoms with Crippen LogP contribution in [0.5, 0.6) is 11.5 Å². The molecule has 182 valence electrons. The lowest BCUT2D eigenvalue weighted by atomic mass is 10.2. The third kappa shape index (κ3) is 8.09. The van der Waals surface area contributed by atoms with Gasteiger partial charge in [-0.2, -0.15) is 5.10 Å². The number of anilines is 1. The summed E-state index contributed by atoms with van der Waals surface area (Å²) in [6.07, 6.45) is 1.50. The Labute approximate surface area is 234 Å². The van der Waals surface area contributed by atoms with Gasteiger partial charge in [-0.25, -0.2) is 5.43 Å². The van der Waals surface area contributed by atoms with Crippen molar-refractivity contribution in [2.75, 3.05) is 18.5 Å². The van der Waals surface area contributed by atoms with Crippen molar-refractivity contribution in [1.29, 1.82) is 0 Å². The quantitative estimate of drug-likeness (QED) is 0.152. The molecule has 0 aromatic heterocycles. The van der Waals surface area contributed by atoms with Gasteiger partial charge in [0.2, 0.25) is 0 Å². The summed E-state index contributed by atoms with van der Waals surface area (Å²) in [6.45, 7) is 1.99. The van der Waals surface area contributed by atoms with Gasteiger partial charge in [-0.3, -0.25) is 9.59 Å². The lowest BCUT2D eigenvalue weighted by Crippen LogP contribution is -2.20. The largest absolute Gasteiger partial charge is 0.490 e. The van der Waals surface area contributed by atoms with Crippen molar-refractivity contribution >= 4 is 85.4 Å². The molecule has 2 N–H and O–H groups in total. The summed E-state index contributed by atoms with van der Waals surface area (Å²) in [5, 5.41) is 7.46. The number of hydrogen-bond donors (Lipinski definition) is 2. The number of hydrogen-bond acceptors (Lipinski definition) is 5. The van der Waals surface area contributed by atoms with Crippen LogP contribution in [0.25, 0.3) is 0 Å². The molecular weight excluding hydrogens is 672 g/mol. The number of ether oxygens (including phenoxy) is 2. The zero-order valence-electron chi connectivity index (χ0n) is 18.3. The molecule has 0 fully saturated rings. The highest BCUT2D eigenvalue weighted by molar-refractivity contribution is 14.1. The fraction of sp³-hybridized carbons (Fsp3) is 0.125. The molecular formula is C24H19BrCl2IN3O4. The van der Waals surface area contributed by atoms with Crippen molar-refractivity contribution in [1.82, 2.24) is 5.43 Å². The molecule has 0 aliphatic rings. The Bertz CT molecular complexity index is 1260. The molecule has 0 unspecified atom stereocenters. The minimum absolute atomic E-state index is 0.243. The summed E-state index contributed by atoms with van der Waals surface area (Å²) in [6, 6.07) is 15.2. The Morgan fingerprint density at radius 2 is 1.80 bits per heavy atom. The van der Waals surface area contributed by atoms with Gasteiger partial charge in [-0.05, 0) is 89.7 Å². The zero-order valence-corrected chi connectivity index (χ0v) is 23.5. The maximum atomic E-state index is 12.4. The van der Waals surface area contributed by atoms with Gasteiger partial charge >= 0.3 is 0 Å². The van der Waals surface area contributed by atoms with Crippen molar-refractivity contribution < 1.29 is 19.1 Å². The standard InChI is InChI=1S/C24H19BrCl2IN3O4/c1-2-34-21-10-14(12-29-31-24(33)15-3-5-16(25)6-4-15)9-20(28)23(21)35-13-22(32)30-17-7-8-18(26)19(27)11-17/h3-12H,2,13H2,1H3,(H,30,32)(H,31,33)/b29-12+. The molecule has 0 saturated heterocycles. The lowest BCUT2D eigenvalue weighted by molar-refractivity contribution is -0.118. The molecule has 35 heavy (non-hydrogen) atoms. The fourth-order valence-corrected chi connectivity index (χ4v) is 4.15. The first-order valence-electron chi connectivity index (χ1n) is 10.2. The number of carbonyl (C=O) groups is 2. The third-order valence-electron chi connectivity index (χ3n) is 4.37. The molecule has 11 heteroatoms. The number of carbonyl (C=O) groups excluding carboxylic acids is 2. The number of amides is 2. The van der Waals surface area contributed by atoms with Gasteiger partial charge in [0.05, 0.1) is 26.4 Å². The van der Waals surface area contributed by atoms with Crippen LogP contribution in [0.4, 0.5) is 5.69 Å². The highest BCUT2D eigenvalue weighted by Gasteiger charge is 2.14. The molecule has 3 aromatic carbocycles. The maximum Gasteiger partial charge on any atom is 0.271 e. The summed E-state index contributed by atoms with van der Waals surface area (Å²) in [7, 11) is 0. The van der Waals surface area contributed by atoms with E-state index in [0.717, 1.165) is 4.47 Å². The number of benzene rings is 3. The number of rotatable bonds is 9. The van der Waals surface area contributed by atoms with Crippen LogP contribution in [0, 0.1) is 3.57 Å². The Balaban J connectivity index is 1.65. The molecule has 0 spiro atoms. The average Bonchev–Trinajstić information content (AvgIpc) is 2.81. The number of nitrogens with zero attached hydrogens (tertiary/aromatic N) is 1. The first-order valence-corrected chi connectivity index (χ1v) is 12.8. The minimum atomic E-state index is -0.372. The van der Waals surface area contributed by atoms with Crippen molar-refractivity contribution in [3.8, 4) is 11.5 Å². The van der Waals surface area contributed by atoms with E-state index in [2.05, 4.69) is 54.4 Å². The molecule has 0 heterocycles. The van der Waals surface area contributed by atoms with Crippen LogP contribution in [-0.4, -0.2) is 31.2 Å². The van der Waals surface area contributed by atoms with Gasteiger partial charge in [-0.1, -0.05) is 39.1 Å². The molecule has 0 bridgehead atoms. The second-order valence-corrected chi connectivity index (χ2v) is 9.83. The van der Waals surface area contributed by atoms with E-state index in [1.807, 2.05) is 6.92 Å². The predicted octanol–water partition coefficient (Wildman–Crippen LogP) is 6.54. The normalized spacial score (nSPS) is 10.8. The van der Waals surface area contributed by atoms with E-state index in [-0.39, 0.29) is 18.4 Å². The highest BCUT2D eigenvalue weighted by Crippen LogP contribution is 2.34. The van der Waals surface area contributed by atoms with Crippen LogP contribution >= 0.6 is 61.7 Å². The van der Waals surface area contributed by atoms with Crippen LogP contribution < -0.4 is 20.2 Å². The molecule has 7 nitrogen and oxygen atoms in total. The summed E-state index contributed by atoms with van der Waals surface area (Å²) in [5.74, 6) is 0.166. The van der Waals surface area contributed by atoms with Crippen LogP contribution in [0.2, 0.25) is 10.0 Å². The first kappa shape index (κ1) is 27.3. The number of hydrazone groups is 1. The molecule has 2 amide bonds. The molecule has 0 saturated carbocycles. The third-order valence-corrected chi connectivity index (χ3v) is 6.44. The van der Waals surface area contributed by atoms with Crippen molar-refractivity contribution in [3.05, 3.63) is 83.8 Å². The highest BCUT2D eigenvalue weighted by atomic mass is 127. The van der Waals surface area contributed by atoms with Crippen LogP contribution in [0.15, 0.2) is 64.2 Å². The molecule has 3 rings (SSSR count). The van der Waals surface area contributed by atoms with Gasteiger partial charge in [0, 0.05) is 15.7 Å². The van der Waals surface area contributed by atoms with Crippen LogP contribution in [-0.2, 0) is 4.79 Å². The van der Waals surface area contributed by atoms with Crippen molar-refractivity contribution in [2.45, 2.75) is 6.92 Å². The van der Waals surface area contributed by atoms with E-state index in [1.165, 1.54) is 6.21 Å². The predicted molar refractivity (Wildman–Crippen MR) is 150 cm³/mol. The Kier molecular flexibility index (Phi) is 10.2. The van der Waals surface area contributed by atoms with Gasteiger partial charge in [-0.15, -0.1) is 0 Å². The Morgan fingerprint density at radius 1 is 1.06 bits per heavy atom. The summed E-state index contributed by atoms with van der Waals surface area (Å²) >= 11 is 17.3. The van der Waals surface area contributed by atoms with Crippen molar-refractivity contribution in [3.63, 3.8) is 0 Å². The molecule has 0 radical (unpaired) electrons. The minimum Gasteiger partial charge on any atom is -0.490 e. The van der Waals surface area contributed by atoms with Crippen LogP contribution in [0.3, 0.4) is 0 Å².